The summed E-state index contributed by atoms with van der Waals surface area (Å²) in [5.74, 6) is 0. The van der Waals surface area contributed by atoms with Gasteiger partial charge in [-0.15, -0.1) is 0 Å². The lowest BCUT2D eigenvalue weighted by Crippen LogP contribution is -2.37. The minimum Gasteiger partial charge on any atom is -0.379 e. The fourth-order valence-electron chi connectivity index (χ4n) is 8.36. The summed E-state index contributed by atoms with van der Waals surface area (Å²) >= 11 is 0. The van der Waals surface area contributed by atoms with Crippen molar-refractivity contribution in [2.75, 3.05) is 308 Å². The Balaban J connectivity index is -0.000000313. The molecule has 0 amide bonds. The molecule has 2 aromatic carbocycles. The summed E-state index contributed by atoms with van der Waals surface area (Å²) in [5.41, 5.74) is 15.9. The second kappa shape index (κ2) is 68.1. The predicted octanol–water partition coefficient (Wildman–Crippen LogP) is 7.06. The summed E-state index contributed by atoms with van der Waals surface area (Å²) in [5, 5.41) is 0. The summed E-state index contributed by atoms with van der Waals surface area (Å²) in [4.78, 5) is 33.8. The second-order valence-corrected chi connectivity index (χ2v) is 28.0. The molecule has 0 aromatic heterocycles. The number of ether oxygens (including phenoxy) is 1. The van der Waals surface area contributed by atoms with E-state index < -0.39 is 0 Å². The van der Waals surface area contributed by atoms with E-state index in [0.29, 0.717) is 13.1 Å². The van der Waals surface area contributed by atoms with Gasteiger partial charge in [0.2, 0.25) is 0 Å². The second-order valence-electron chi connectivity index (χ2n) is 28.0. The Morgan fingerprint density at radius 1 is 0.233 bits per heavy atom. The highest BCUT2D eigenvalue weighted by Crippen LogP contribution is 2.09. The van der Waals surface area contributed by atoms with Gasteiger partial charge in [-0.1, -0.05) is 80.6 Å². The molecule has 2 aromatic rings. The van der Waals surface area contributed by atoms with Crippen molar-refractivity contribution < 1.29 is 4.74 Å². The van der Waals surface area contributed by atoms with Crippen LogP contribution in [0.1, 0.15) is 92.9 Å². The lowest BCUT2D eigenvalue weighted by atomic mass is 10.1. The number of unbranched alkanes of at least 4 members (excludes halogenated alkanes) is 7. The van der Waals surface area contributed by atoms with Crippen molar-refractivity contribution in [3.05, 3.63) is 70.8 Å². The summed E-state index contributed by atoms with van der Waals surface area (Å²) < 4.78 is 5.37. The third-order valence-electron chi connectivity index (χ3n) is 14.0. The molecular formula is C72H159N17O. The van der Waals surface area contributed by atoms with Gasteiger partial charge in [0.25, 0.3) is 0 Å². The van der Waals surface area contributed by atoms with Gasteiger partial charge in [-0.3, -0.25) is 0 Å². The minimum absolute atomic E-state index is 0.591. The largest absolute Gasteiger partial charge is 0.379 e. The van der Waals surface area contributed by atoms with E-state index in [1.165, 1.54) is 134 Å². The number of rotatable bonds is 44. The van der Waals surface area contributed by atoms with Gasteiger partial charge in [-0.05, 0) is 303 Å². The average molecular weight is 1280 g/mol. The maximum absolute atomic E-state index is 5.43. The lowest BCUT2D eigenvalue weighted by Gasteiger charge is -2.24. The van der Waals surface area contributed by atoms with Crippen LogP contribution in [0.4, 0.5) is 0 Å². The number of hydrogen-bond donors (Lipinski definition) is 2. The fraction of sp³-hybridized carbons (Fsp3) is 0.833. The average Bonchev–Trinajstić information content (AvgIpc) is 2.16. The maximum Gasteiger partial charge on any atom is 0.0593 e. The van der Waals surface area contributed by atoms with Crippen molar-refractivity contribution in [3.8, 4) is 0 Å². The standard InChI is InChI=1S/C12H30N4.C12H20N2.C11H27N3.C11H26N2.C10H24N2.C8H20N2O.C8H12N2/c1-13(2)7-9-15(5)11-12-16(6)10-8-14(3)4;1-13(2)9-11-6-5-7-12(8-11)10-14(3)4;1-12(2)8-6-10-14(5)11-7-9-13(3)4;1-12(2)10-8-6-5-7-9-11-13(3)4;1-11(2)9-7-5-6-8-10-12(3)4;1-9(2)5-7-11-8-6-10(3)4;9-5-7-2-1-3-8(4-7)6-10/h7-12H2,1-6H3;5-8H,9-10H2,1-4H3;6-11H2,1-5H3;5-11H2,1-4H3;5-10H2,1-4H3;5-8H2,1-4H3;1-4H,5-6,9-10H2. The molecule has 0 fully saturated rings. The Morgan fingerprint density at radius 2 is 0.456 bits per heavy atom. The highest BCUT2D eigenvalue weighted by Gasteiger charge is 2.05. The zero-order chi connectivity index (χ0) is 69.7. The number of nitrogens with zero attached hydrogens (tertiary/aromatic N) is 15. The smallest absolute Gasteiger partial charge is 0.0593 e. The molecule has 2 rings (SSSR count). The van der Waals surface area contributed by atoms with Gasteiger partial charge in [-0.2, -0.15) is 0 Å². The van der Waals surface area contributed by atoms with Crippen molar-refractivity contribution in [2.24, 2.45) is 11.5 Å². The summed E-state index contributed by atoms with van der Waals surface area (Å²) in [7, 11) is 57.3. The third kappa shape index (κ3) is 87.8. The Labute approximate surface area is 563 Å². The van der Waals surface area contributed by atoms with E-state index in [1.807, 2.05) is 24.3 Å². The molecule has 4 N–H and O–H groups in total. The number of benzene rings is 2. The van der Waals surface area contributed by atoms with Crippen LogP contribution in [0.2, 0.25) is 0 Å². The van der Waals surface area contributed by atoms with Crippen molar-refractivity contribution in [3.63, 3.8) is 0 Å². The highest BCUT2D eigenvalue weighted by molar-refractivity contribution is 5.24. The molecule has 538 valence electrons. The molecule has 18 heteroatoms. The molecule has 0 bridgehead atoms. The van der Waals surface area contributed by atoms with Crippen LogP contribution in [0.3, 0.4) is 0 Å². The molecule has 0 aliphatic carbocycles. The molecule has 0 aliphatic rings. The molecule has 0 heterocycles. The van der Waals surface area contributed by atoms with E-state index in [4.69, 9.17) is 16.2 Å². The lowest BCUT2D eigenvalue weighted by molar-refractivity contribution is 0.104. The molecule has 0 atom stereocenters. The summed E-state index contributed by atoms with van der Waals surface area (Å²) in [6.07, 6.45) is 14.9. The van der Waals surface area contributed by atoms with Crippen LogP contribution in [0.25, 0.3) is 0 Å². The maximum atomic E-state index is 5.43. The molecule has 0 saturated carbocycles. The van der Waals surface area contributed by atoms with Gasteiger partial charge < -0.3 is 89.7 Å². The van der Waals surface area contributed by atoms with E-state index in [-0.39, 0.29) is 0 Å². The Morgan fingerprint density at radius 3 is 0.711 bits per heavy atom. The van der Waals surface area contributed by atoms with E-state index in [0.717, 1.165) is 89.8 Å². The van der Waals surface area contributed by atoms with E-state index in [2.05, 4.69) is 288 Å². The molecule has 0 aliphatic heterocycles. The van der Waals surface area contributed by atoms with Gasteiger partial charge >= 0.3 is 0 Å². The van der Waals surface area contributed by atoms with Crippen molar-refractivity contribution >= 4 is 0 Å². The first-order chi connectivity index (χ1) is 42.3. The first-order valence-corrected chi connectivity index (χ1v) is 34.2. The Bertz CT molecular complexity index is 1600. The molecule has 90 heavy (non-hydrogen) atoms. The molecule has 0 unspecified atom stereocenters. The van der Waals surface area contributed by atoms with E-state index >= 15 is 0 Å². The van der Waals surface area contributed by atoms with Gasteiger partial charge in [0.1, 0.15) is 0 Å². The van der Waals surface area contributed by atoms with Crippen molar-refractivity contribution in [1.29, 1.82) is 0 Å². The van der Waals surface area contributed by atoms with E-state index in [9.17, 15) is 0 Å². The molecule has 0 radical (unpaired) electrons. The Hall–Kier alpha value is -2.28. The summed E-state index contributed by atoms with van der Waals surface area (Å²) in [6.45, 7) is 23.5. The molecule has 0 saturated heterocycles. The predicted molar refractivity (Wildman–Crippen MR) is 403 cm³/mol. The zero-order valence-corrected chi connectivity index (χ0v) is 65.2. The van der Waals surface area contributed by atoms with Crippen LogP contribution in [0.15, 0.2) is 48.5 Å². The quantitative estimate of drug-likeness (QED) is 0.0661. The molecule has 0 spiro atoms. The number of likely N-dealkylation sites (N-methyl/N-ethyl adjacent to an activating group) is 6. The van der Waals surface area contributed by atoms with Crippen molar-refractivity contribution in [1.82, 2.24) is 73.5 Å². The van der Waals surface area contributed by atoms with Gasteiger partial charge in [-0.25, -0.2) is 0 Å². The Kier molecular flexibility index (Phi) is 73.0. The van der Waals surface area contributed by atoms with Crippen LogP contribution in [0, 0.1) is 0 Å². The first-order valence-electron chi connectivity index (χ1n) is 34.2. The van der Waals surface area contributed by atoms with Gasteiger partial charge in [0, 0.05) is 78.5 Å². The van der Waals surface area contributed by atoms with E-state index in [1.54, 1.807) is 0 Å². The SMILES string of the molecule is CN(C)CCCCCCCN(C)C.CN(C)CCCCCCN(C)C.CN(C)CCCN(C)CCCN(C)C.CN(C)CCN(C)CCN(C)CCN(C)C.CN(C)CCOCCN(C)C.CN(C)Cc1cccc(CN(C)C)c1.NCc1cccc(CN)c1. The number of hydrogen-bond acceptors (Lipinski definition) is 18. The summed E-state index contributed by atoms with van der Waals surface area (Å²) in [6, 6.07) is 16.8. The topological polar surface area (TPSA) is 110 Å². The van der Waals surface area contributed by atoms with Gasteiger partial charge in [0.05, 0.1) is 13.2 Å². The third-order valence-corrected chi connectivity index (χ3v) is 14.0. The number of nitrogens with two attached hydrogens (primary N) is 2. The van der Waals surface area contributed by atoms with Crippen LogP contribution in [0.5, 0.6) is 0 Å². The normalized spacial score (nSPS) is 11.5. The zero-order valence-electron chi connectivity index (χ0n) is 65.2. The molecular weight excluding hydrogens is 1120 g/mol. The monoisotopic (exact) mass is 1280 g/mol. The van der Waals surface area contributed by atoms with Crippen LogP contribution in [-0.4, -0.2) is 382 Å². The highest BCUT2D eigenvalue weighted by atomic mass is 16.5. The molecule has 18 nitrogen and oxygen atoms in total. The van der Waals surface area contributed by atoms with Crippen LogP contribution in [-0.2, 0) is 30.9 Å². The van der Waals surface area contributed by atoms with Crippen molar-refractivity contribution in [2.45, 2.75) is 96.8 Å². The van der Waals surface area contributed by atoms with Gasteiger partial charge in [0.15, 0.2) is 0 Å². The van der Waals surface area contributed by atoms with Crippen LogP contribution >= 0.6 is 0 Å². The first kappa shape index (κ1) is 96.4. The minimum atomic E-state index is 0.591. The fourth-order valence-corrected chi connectivity index (χ4v) is 8.36. The van der Waals surface area contributed by atoms with Crippen LogP contribution < -0.4 is 11.5 Å².